The van der Waals surface area contributed by atoms with Crippen molar-refractivity contribution in [1.29, 1.82) is 0 Å². The summed E-state index contributed by atoms with van der Waals surface area (Å²) >= 11 is 0. The number of rotatable bonds is 6. The van der Waals surface area contributed by atoms with Crippen LogP contribution in [0.3, 0.4) is 0 Å². The van der Waals surface area contributed by atoms with Crippen molar-refractivity contribution in [3.05, 3.63) is 52.6 Å². The summed E-state index contributed by atoms with van der Waals surface area (Å²) in [5.41, 5.74) is 3.61. The van der Waals surface area contributed by atoms with Crippen LogP contribution >= 0.6 is 0 Å². The highest BCUT2D eigenvalue weighted by molar-refractivity contribution is 5.94. The van der Waals surface area contributed by atoms with Gasteiger partial charge in [0.15, 0.2) is 5.78 Å². The molecule has 0 saturated heterocycles. The lowest BCUT2D eigenvalue weighted by Gasteiger charge is -2.15. The summed E-state index contributed by atoms with van der Waals surface area (Å²) in [6.45, 7) is 10.9. The lowest BCUT2D eigenvalue weighted by Crippen LogP contribution is -2.12. The third-order valence-electron chi connectivity index (χ3n) is 3.39. The van der Waals surface area contributed by atoms with Crippen LogP contribution in [-0.2, 0) is 12.8 Å². The van der Waals surface area contributed by atoms with Crippen molar-refractivity contribution in [2.75, 3.05) is 0 Å². The van der Waals surface area contributed by atoms with Gasteiger partial charge >= 0.3 is 0 Å². The number of benzene rings is 1. The van der Waals surface area contributed by atoms with Crippen LogP contribution in [0.25, 0.3) is 0 Å². The van der Waals surface area contributed by atoms with Crippen LogP contribution in [0.1, 0.15) is 49.2 Å². The van der Waals surface area contributed by atoms with Crippen LogP contribution in [0, 0.1) is 0 Å². The van der Waals surface area contributed by atoms with Gasteiger partial charge in [-0.3, -0.25) is 4.79 Å². The van der Waals surface area contributed by atoms with E-state index in [0.29, 0.717) is 28.7 Å². The van der Waals surface area contributed by atoms with E-state index in [2.05, 4.69) is 6.58 Å². The van der Waals surface area contributed by atoms with Gasteiger partial charge in [-0.25, -0.2) is 0 Å². The Morgan fingerprint density at radius 2 is 1.81 bits per heavy atom. The SMILES string of the molecule is C=C(C)[C@H](O)Cc1cc(C(C)=O)cc(CC=C(C)C)c1O. The maximum atomic E-state index is 11.6. The largest absolute Gasteiger partial charge is 0.507 e. The first kappa shape index (κ1) is 17.2. The molecule has 0 heterocycles. The monoisotopic (exact) mass is 288 g/mol. The number of carbonyl (C=O) groups is 1. The zero-order chi connectivity index (χ0) is 16.2. The van der Waals surface area contributed by atoms with E-state index in [4.69, 9.17) is 0 Å². The second kappa shape index (κ2) is 7.23. The van der Waals surface area contributed by atoms with Crippen LogP contribution in [0.4, 0.5) is 0 Å². The number of hydrogen-bond acceptors (Lipinski definition) is 3. The van der Waals surface area contributed by atoms with Crippen LogP contribution in [0.2, 0.25) is 0 Å². The predicted octanol–water partition coefficient (Wildman–Crippen LogP) is 3.58. The minimum absolute atomic E-state index is 0.0560. The normalized spacial score (nSPS) is 11.9. The van der Waals surface area contributed by atoms with Gasteiger partial charge in [-0.1, -0.05) is 23.8 Å². The van der Waals surface area contributed by atoms with Crippen molar-refractivity contribution in [2.24, 2.45) is 0 Å². The van der Waals surface area contributed by atoms with E-state index in [9.17, 15) is 15.0 Å². The number of carbonyl (C=O) groups excluding carboxylic acids is 1. The van der Waals surface area contributed by atoms with Gasteiger partial charge in [0.2, 0.25) is 0 Å². The van der Waals surface area contributed by atoms with Gasteiger partial charge in [-0.2, -0.15) is 0 Å². The Bertz CT molecular complexity index is 578. The minimum atomic E-state index is -0.727. The highest BCUT2D eigenvalue weighted by Crippen LogP contribution is 2.28. The molecule has 0 fully saturated rings. The van der Waals surface area contributed by atoms with Crippen LogP contribution in [0.5, 0.6) is 5.75 Å². The van der Waals surface area contributed by atoms with E-state index >= 15 is 0 Å². The molecule has 1 rings (SSSR count). The molecule has 0 amide bonds. The zero-order valence-corrected chi connectivity index (χ0v) is 13.2. The number of phenolic OH excluding ortho intramolecular Hbond substituents is 1. The molecule has 0 aliphatic carbocycles. The molecule has 0 spiro atoms. The molecule has 0 unspecified atom stereocenters. The van der Waals surface area contributed by atoms with Crippen molar-refractivity contribution >= 4 is 5.78 Å². The Hall–Kier alpha value is -1.87. The van der Waals surface area contributed by atoms with E-state index in [0.717, 1.165) is 5.57 Å². The summed E-state index contributed by atoms with van der Waals surface area (Å²) in [4.78, 5) is 11.6. The number of aliphatic hydroxyl groups excluding tert-OH is 1. The number of aliphatic hydroxyl groups is 1. The average Bonchev–Trinajstić information content (AvgIpc) is 2.38. The Balaban J connectivity index is 3.25. The summed E-state index contributed by atoms with van der Waals surface area (Å²) in [5, 5.41) is 20.3. The van der Waals surface area contributed by atoms with E-state index in [-0.39, 0.29) is 18.0 Å². The zero-order valence-electron chi connectivity index (χ0n) is 13.2. The van der Waals surface area contributed by atoms with Crippen LogP contribution in [-0.4, -0.2) is 22.1 Å². The maximum absolute atomic E-state index is 11.6. The first-order valence-corrected chi connectivity index (χ1v) is 7.05. The number of allylic oxidation sites excluding steroid dienone is 2. The van der Waals surface area contributed by atoms with Gasteiger partial charge in [0.25, 0.3) is 0 Å². The summed E-state index contributed by atoms with van der Waals surface area (Å²) in [5.74, 6) is 0.0947. The summed E-state index contributed by atoms with van der Waals surface area (Å²) in [6, 6.07) is 3.36. The molecule has 1 atom stereocenters. The van der Waals surface area contributed by atoms with Crippen molar-refractivity contribution < 1.29 is 15.0 Å². The molecule has 0 saturated carbocycles. The molecule has 1 aromatic rings. The fraction of sp³-hybridized carbons (Fsp3) is 0.389. The average molecular weight is 288 g/mol. The van der Waals surface area contributed by atoms with E-state index in [1.54, 1.807) is 19.1 Å². The third kappa shape index (κ3) is 4.87. The van der Waals surface area contributed by atoms with Gasteiger partial charge in [0, 0.05) is 12.0 Å². The highest BCUT2D eigenvalue weighted by atomic mass is 16.3. The molecular weight excluding hydrogens is 264 g/mol. The van der Waals surface area contributed by atoms with Gasteiger partial charge in [0.05, 0.1) is 6.10 Å². The van der Waals surface area contributed by atoms with Gasteiger partial charge in [-0.05, 0) is 57.4 Å². The van der Waals surface area contributed by atoms with E-state index in [1.165, 1.54) is 6.92 Å². The van der Waals surface area contributed by atoms with Crippen molar-refractivity contribution in [2.45, 2.75) is 46.6 Å². The topological polar surface area (TPSA) is 57.5 Å². The van der Waals surface area contributed by atoms with E-state index < -0.39 is 6.10 Å². The minimum Gasteiger partial charge on any atom is -0.507 e. The first-order chi connectivity index (χ1) is 9.72. The Morgan fingerprint density at radius 1 is 1.24 bits per heavy atom. The fourth-order valence-electron chi connectivity index (χ4n) is 1.97. The smallest absolute Gasteiger partial charge is 0.159 e. The Kier molecular flexibility index (Phi) is 5.91. The summed E-state index contributed by atoms with van der Waals surface area (Å²) in [6.07, 6.45) is 2.09. The number of phenols is 1. The lowest BCUT2D eigenvalue weighted by atomic mass is 9.95. The molecule has 0 aliphatic heterocycles. The summed E-state index contributed by atoms with van der Waals surface area (Å²) < 4.78 is 0. The van der Waals surface area contributed by atoms with E-state index in [1.807, 2.05) is 19.9 Å². The van der Waals surface area contributed by atoms with Crippen LogP contribution in [0.15, 0.2) is 35.9 Å². The number of ketones is 1. The van der Waals surface area contributed by atoms with Crippen molar-refractivity contribution in [1.82, 2.24) is 0 Å². The fourth-order valence-corrected chi connectivity index (χ4v) is 1.97. The lowest BCUT2D eigenvalue weighted by molar-refractivity contribution is 0.101. The number of aromatic hydroxyl groups is 1. The van der Waals surface area contributed by atoms with Gasteiger partial charge in [0.1, 0.15) is 5.75 Å². The second-order valence-corrected chi connectivity index (χ2v) is 5.75. The standard InChI is InChI=1S/C18H24O3/c1-11(2)6-7-14-8-15(13(5)19)9-16(18(14)21)10-17(20)12(3)4/h6,8-9,17,20-21H,3,7,10H2,1-2,4-5H3/t17-/m1/s1. The molecule has 3 heteroatoms. The van der Waals surface area contributed by atoms with Gasteiger partial charge in [-0.15, -0.1) is 0 Å². The molecule has 2 N–H and O–H groups in total. The first-order valence-electron chi connectivity index (χ1n) is 7.05. The molecule has 114 valence electrons. The van der Waals surface area contributed by atoms with Crippen LogP contribution < -0.4 is 0 Å². The number of hydrogen-bond donors (Lipinski definition) is 2. The molecule has 0 radical (unpaired) electrons. The third-order valence-corrected chi connectivity index (χ3v) is 3.39. The molecule has 3 nitrogen and oxygen atoms in total. The van der Waals surface area contributed by atoms with Crippen molar-refractivity contribution in [3.63, 3.8) is 0 Å². The molecule has 0 aliphatic rings. The predicted molar refractivity (Wildman–Crippen MR) is 85.8 cm³/mol. The number of Topliss-reactive ketones (excluding diaryl/α,β-unsaturated/α-hetero) is 1. The second-order valence-electron chi connectivity index (χ2n) is 5.75. The maximum Gasteiger partial charge on any atom is 0.159 e. The molecule has 0 aromatic heterocycles. The quantitative estimate of drug-likeness (QED) is 0.621. The molecule has 21 heavy (non-hydrogen) atoms. The molecule has 1 aromatic carbocycles. The van der Waals surface area contributed by atoms with Gasteiger partial charge < -0.3 is 10.2 Å². The molecule has 0 bridgehead atoms. The Labute approximate surface area is 126 Å². The summed E-state index contributed by atoms with van der Waals surface area (Å²) in [7, 11) is 0. The highest BCUT2D eigenvalue weighted by Gasteiger charge is 2.15. The Morgan fingerprint density at radius 3 is 2.29 bits per heavy atom. The molecular formula is C18H24O3. The van der Waals surface area contributed by atoms with Crippen molar-refractivity contribution in [3.8, 4) is 5.75 Å².